The Morgan fingerprint density at radius 1 is 1.17 bits per heavy atom. The highest BCUT2D eigenvalue weighted by atomic mass is 79.9. The zero-order valence-electron chi connectivity index (χ0n) is 13.7. The molecule has 0 amide bonds. The van der Waals surface area contributed by atoms with Crippen molar-refractivity contribution in [3.63, 3.8) is 0 Å². The van der Waals surface area contributed by atoms with E-state index in [0.29, 0.717) is 24.2 Å². The van der Waals surface area contributed by atoms with Gasteiger partial charge in [0.2, 0.25) is 0 Å². The molecule has 1 aromatic carbocycles. The van der Waals surface area contributed by atoms with E-state index < -0.39 is 9.84 Å². The maximum atomic E-state index is 12.3. The molecule has 2 rings (SSSR count). The highest BCUT2D eigenvalue weighted by molar-refractivity contribution is 9.10. The number of piperidine rings is 1. The first-order chi connectivity index (χ1) is 10.7. The average Bonchev–Trinajstić information content (AvgIpc) is 2.48. The summed E-state index contributed by atoms with van der Waals surface area (Å²) in [5.74, 6) is 0. The van der Waals surface area contributed by atoms with Gasteiger partial charge in [0.25, 0.3) is 6.47 Å². The van der Waals surface area contributed by atoms with Gasteiger partial charge in [-0.05, 0) is 71.0 Å². The molecule has 1 saturated heterocycles. The van der Waals surface area contributed by atoms with Gasteiger partial charge >= 0.3 is 0 Å². The van der Waals surface area contributed by atoms with E-state index in [9.17, 15) is 13.2 Å². The van der Waals surface area contributed by atoms with E-state index in [2.05, 4.69) is 26.0 Å². The van der Waals surface area contributed by atoms with Gasteiger partial charge in [0.15, 0.2) is 9.84 Å². The number of benzene rings is 1. The van der Waals surface area contributed by atoms with Crippen LogP contribution in [0.15, 0.2) is 33.6 Å². The summed E-state index contributed by atoms with van der Waals surface area (Å²) in [6.07, 6.45) is 1.41. The number of hydrogen-bond acceptors (Lipinski definition) is 5. The van der Waals surface area contributed by atoms with Gasteiger partial charge in [-0.25, -0.2) is 8.42 Å². The van der Waals surface area contributed by atoms with E-state index in [1.165, 1.54) is 0 Å². The molecule has 0 unspecified atom stereocenters. The molecule has 1 N–H and O–H groups in total. The fourth-order valence-electron chi connectivity index (χ4n) is 2.07. The minimum absolute atomic E-state index is 0.227. The molecule has 0 saturated carbocycles. The summed E-state index contributed by atoms with van der Waals surface area (Å²) in [5.41, 5.74) is -0.318. The maximum Gasteiger partial charge on any atom is 0.293 e. The van der Waals surface area contributed by atoms with E-state index in [0.717, 1.165) is 17.6 Å². The molecule has 1 aliphatic rings. The molecule has 23 heavy (non-hydrogen) atoms. The Hall–Kier alpha value is -0.920. The highest BCUT2D eigenvalue weighted by Crippen LogP contribution is 2.23. The van der Waals surface area contributed by atoms with Gasteiger partial charge in [0.05, 0.1) is 10.1 Å². The molecular formula is C16H24BrNO4S. The SMILES string of the molecule is CC(C)(C)OC=O.O=S(=O)(c1ccc(Br)cc1)C1CCNCC1. The predicted molar refractivity (Wildman–Crippen MR) is 94.1 cm³/mol. The Balaban J connectivity index is 0.000000322. The quantitative estimate of drug-likeness (QED) is 0.782. The van der Waals surface area contributed by atoms with Crippen LogP contribution in [-0.2, 0) is 19.4 Å². The molecule has 7 heteroatoms. The van der Waals surface area contributed by atoms with Crippen LogP contribution in [0.25, 0.3) is 0 Å². The molecule has 0 aromatic heterocycles. The van der Waals surface area contributed by atoms with Crippen molar-refractivity contribution < 1.29 is 17.9 Å². The van der Waals surface area contributed by atoms with Crippen LogP contribution < -0.4 is 5.32 Å². The Labute approximate surface area is 146 Å². The second-order valence-electron chi connectivity index (χ2n) is 6.27. The van der Waals surface area contributed by atoms with Crippen LogP contribution in [0.5, 0.6) is 0 Å². The molecule has 0 spiro atoms. The zero-order valence-corrected chi connectivity index (χ0v) is 16.1. The Bertz CT molecular complexity index is 588. The lowest BCUT2D eigenvalue weighted by Crippen LogP contribution is -2.35. The van der Waals surface area contributed by atoms with Crippen LogP contribution in [0, 0.1) is 0 Å². The van der Waals surface area contributed by atoms with Crippen molar-refractivity contribution in [3.05, 3.63) is 28.7 Å². The second kappa shape index (κ2) is 8.80. The second-order valence-corrected chi connectivity index (χ2v) is 9.42. The first-order valence-electron chi connectivity index (χ1n) is 7.48. The fraction of sp³-hybridized carbons (Fsp3) is 0.562. The van der Waals surface area contributed by atoms with Gasteiger partial charge < -0.3 is 10.1 Å². The number of rotatable bonds is 3. The standard InChI is InChI=1S/C11H14BrNO2S.C5H10O2/c12-9-1-3-10(4-2-9)16(14,15)11-5-7-13-8-6-11;1-5(2,3)7-4-6/h1-4,11,13H,5-8H2;4H,1-3H3. The molecule has 1 fully saturated rings. The Morgan fingerprint density at radius 2 is 1.70 bits per heavy atom. The third-order valence-electron chi connectivity index (χ3n) is 3.27. The predicted octanol–water partition coefficient (Wildman–Crippen LogP) is 2.93. The highest BCUT2D eigenvalue weighted by Gasteiger charge is 2.28. The summed E-state index contributed by atoms with van der Waals surface area (Å²) < 4.78 is 30.0. The first kappa shape index (κ1) is 20.1. The molecular weight excluding hydrogens is 382 g/mol. The lowest BCUT2D eigenvalue weighted by Gasteiger charge is -2.22. The molecule has 1 aromatic rings. The normalized spacial score (nSPS) is 16.2. The Kier molecular flexibility index (Phi) is 7.70. The van der Waals surface area contributed by atoms with E-state index >= 15 is 0 Å². The average molecular weight is 406 g/mol. The minimum atomic E-state index is -3.14. The Morgan fingerprint density at radius 3 is 2.09 bits per heavy atom. The largest absolute Gasteiger partial charge is 0.462 e. The maximum absolute atomic E-state index is 12.3. The number of nitrogens with one attached hydrogen (secondary N) is 1. The summed E-state index contributed by atoms with van der Waals surface area (Å²) in [5, 5.41) is 2.95. The van der Waals surface area contributed by atoms with Gasteiger partial charge in [-0.3, -0.25) is 4.79 Å². The van der Waals surface area contributed by atoms with Crippen LogP contribution in [0.3, 0.4) is 0 Å². The molecule has 1 heterocycles. The monoisotopic (exact) mass is 405 g/mol. The van der Waals surface area contributed by atoms with Crippen molar-refractivity contribution in [1.82, 2.24) is 5.32 Å². The first-order valence-corrected chi connectivity index (χ1v) is 9.82. The van der Waals surface area contributed by atoms with Crippen molar-refractivity contribution in [2.45, 2.75) is 49.4 Å². The van der Waals surface area contributed by atoms with Crippen molar-refractivity contribution in [1.29, 1.82) is 0 Å². The number of hydrogen-bond donors (Lipinski definition) is 1. The van der Waals surface area contributed by atoms with E-state index in [-0.39, 0.29) is 10.9 Å². The van der Waals surface area contributed by atoms with Crippen molar-refractivity contribution in [3.8, 4) is 0 Å². The van der Waals surface area contributed by atoms with Crippen LogP contribution >= 0.6 is 15.9 Å². The van der Waals surface area contributed by atoms with Crippen LogP contribution in [0.1, 0.15) is 33.6 Å². The van der Waals surface area contributed by atoms with Gasteiger partial charge in [-0.2, -0.15) is 0 Å². The minimum Gasteiger partial charge on any atom is -0.462 e. The molecule has 130 valence electrons. The van der Waals surface area contributed by atoms with Gasteiger partial charge in [0, 0.05) is 4.47 Å². The third kappa shape index (κ3) is 7.01. The molecule has 0 radical (unpaired) electrons. The molecule has 1 aliphatic heterocycles. The van der Waals surface area contributed by atoms with Crippen LogP contribution in [-0.4, -0.2) is 38.8 Å². The van der Waals surface area contributed by atoms with Crippen molar-refractivity contribution in [2.75, 3.05) is 13.1 Å². The summed E-state index contributed by atoms with van der Waals surface area (Å²) in [6.45, 7) is 7.51. The van der Waals surface area contributed by atoms with E-state index in [4.69, 9.17) is 0 Å². The number of sulfone groups is 1. The number of carbonyl (C=O) groups excluding carboxylic acids is 1. The number of halogens is 1. The van der Waals surface area contributed by atoms with Gasteiger partial charge in [0.1, 0.15) is 5.60 Å². The summed E-state index contributed by atoms with van der Waals surface area (Å²) in [6, 6.07) is 6.88. The molecule has 0 bridgehead atoms. The fourth-order valence-corrected chi connectivity index (χ4v) is 4.09. The third-order valence-corrected chi connectivity index (χ3v) is 6.08. The topological polar surface area (TPSA) is 72.5 Å². The smallest absolute Gasteiger partial charge is 0.293 e. The lowest BCUT2D eigenvalue weighted by atomic mass is 10.2. The van der Waals surface area contributed by atoms with Gasteiger partial charge in [-0.1, -0.05) is 15.9 Å². The summed E-state index contributed by atoms with van der Waals surface area (Å²) in [7, 11) is -3.14. The number of ether oxygens (including phenoxy) is 1. The lowest BCUT2D eigenvalue weighted by molar-refractivity contribution is -0.138. The van der Waals surface area contributed by atoms with Gasteiger partial charge in [-0.15, -0.1) is 0 Å². The van der Waals surface area contributed by atoms with Crippen LogP contribution in [0.4, 0.5) is 0 Å². The van der Waals surface area contributed by atoms with E-state index in [1.54, 1.807) is 24.3 Å². The zero-order chi connectivity index (χ0) is 17.5. The summed E-state index contributed by atoms with van der Waals surface area (Å²) in [4.78, 5) is 10.0. The molecule has 0 aliphatic carbocycles. The molecule has 0 atom stereocenters. The van der Waals surface area contributed by atoms with Crippen LogP contribution in [0.2, 0.25) is 0 Å². The molecule has 5 nitrogen and oxygen atoms in total. The number of carbonyl (C=O) groups is 1. The van der Waals surface area contributed by atoms with Crippen molar-refractivity contribution in [2.24, 2.45) is 0 Å². The van der Waals surface area contributed by atoms with Crippen molar-refractivity contribution >= 4 is 32.2 Å². The summed E-state index contributed by atoms with van der Waals surface area (Å²) >= 11 is 3.30. The van der Waals surface area contributed by atoms with E-state index in [1.807, 2.05) is 20.8 Å².